The van der Waals surface area contributed by atoms with Crippen LogP contribution in [0.25, 0.3) is 0 Å². The van der Waals surface area contributed by atoms with E-state index >= 15 is 0 Å². The summed E-state index contributed by atoms with van der Waals surface area (Å²) in [5.74, 6) is -0.410. The molecule has 120 valence electrons. The van der Waals surface area contributed by atoms with E-state index in [1.807, 2.05) is 48.5 Å². The molecule has 0 amide bonds. The Morgan fingerprint density at radius 3 is 2.29 bits per heavy atom. The minimum Gasteiger partial charge on any atom is -0.494 e. The molecular weight excluding hydrogens is 306 g/mol. The Morgan fingerprint density at radius 1 is 1.00 bits per heavy atom. The van der Waals surface area contributed by atoms with Crippen LogP contribution in [0.3, 0.4) is 0 Å². The summed E-state index contributed by atoms with van der Waals surface area (Å²) < 4.78 is 1.10. The van der Waals surface area contributed by atoms with Gasteiger partial charge in [0.15, 0.2) is 0 Å². The van der Waals surface area contributed by atoms with Gasteiger partial charge in [-0.15, -0.1) is 0 Å². The number of benzene rings is 2. The molecule has 2 N–H and O–H groups in total. The van der Waals surface area contributed by atoms with E-state index in [9.17, 15) is 14.7 Å². The lowest BCUT2D eigenvalue weighted by Crippen LogP contribution is -2.32. The Bertz CT molecular complexity index is 974. The number of nitrogens with zero attached hydrogens (tertiary/aromatic N) is 2. The molecule has 0 aliphatic carbocycles. The topological polar surface area (TPSA) is 87.5 Å². The Balaban J connectivity index is 2.01. The number of aliphatic imine (C=N–C) groups is 1. The molecule has 3 aromatic rings. The normalized spacial score (nSPS) is 11.0. The maximum atomic E-state index is 12.0. The smallest absolute Gasteiger partial charge is 0.331 e. The van der Waals surface area contributed by atoms with Crippen molar-refractivity contribution in [3.05, 3.63) is 92.6 Å². The molecule has 2 aromatic carbocycles. The lowest BCUT2D eigenvalue weighted by molar-refractivity contribution is 0.408. The minimum absolute atomic E-state index is 0.0608. The van der Waals surface area contributed by atoms with Crippen molar-refractivity contribution in [2.75, 3.05) is 0 Å². The molecule has 0 unspecified atom stereocenters. The summed E-state index contributed by atoms with van der Waals surface area (Å²) in [6.07, 6.45) is 1.25. The molecule has 0 bridgehead atoms. The number of hydrogen-bond donors (Lipinski definition) is 2. The van der Waals surface area contributed by atoms with E-state index in [0.29, 0.717) is 5.69 Å². The zero-order valence-electron chi connectivity index (χ0n) is 12.7. The Morgan fingerprint density at radius 2 is 1.62 bits per heavy atom. The fourth-order valence-electron chi connectivity index (χ4n) is 2.26. The average Bonchev–Trinajstić information content (AvgIpc) is 2.60. The standard InChI is InChI=1S/C18H15N3O3/c22-16-15(11-19-14-9-5-2-6-10-14)17(23)21(18(24)20-16)12-13-7-3-1-4-8-13/h1-11,23H,12H2,(H,20,22,24). The highest BCUT2D eigenvalue weighted by Gasteiger charge is 2.12. The molecule has 0 saturated heterocycles. The Hall–Kier alpha value is -3.41. The number of H-pyrrole nitrogens is 1. The van der Waals surface area contributed by atoms with Crippen molar-refractivity contribution in [3.8, 4) is 5.88 Å². The second-order valence-corrected chi connectivity index (χ2v) is 5.16. The van der Waals surface area contributed by atoms with Crippen molar-refractivity contribution < 1.29 is 5.11 Å². The van der Waals surface area contributed by atoms with Gasteiger partial charge in [0.05, 0.1) is 12.2 Å². The molecule has 0 atom stereocenters. The quantitative estimate of drug-likeness (QED) is 0.721. The summed E-state index contributed by atoms with van der Waals surface area (Å²) in [4.78, 5) is 30.3. The molecule has 0 saturated carbocycles. The molecule has 24 heavy (non-hydrogen) atoms. The number of rotatable bonds is 4. The number of hydrogen-bond acceptors (Lipinski definition) is 4. The van der Waals surface area contributed by atoms with Gasteiger partial charge in [-0.25, -0.2) is 4.79 Å². The number of para-hydroxylation sites is 1. The van der Waals surface area contributed by atoms with Crippen LogP contribution in [0.5, 0.6) is 5.88 Å². The van der Waals surface area contributed by atoms with Crippen LogP contribution < -0.4 is 11.2 Å². The second-order valence-electron chi connectivity index (χ2n) is 5.16. The summed E-state index contributed by atoms with van der Waals surface area (Å²) >= 11 is 0. The van der Waals surface area contributed by atoms with Crippen LogP contribution >= 0.6 is 0 Å². The van der Waals surface area contributed by atoms with Gasteiger partial charge in [0.1, 0.15) is 5.56 Å². The summed E-state index contributed by atoms with van der Waals surface area (Å²) in [6.45, 7) is 0.147. The number of aromatic amines is 1. The fourth-order valence-corrected chi connectivity index (χ4v) is 2.26. The third-order valence-corrected chi connectivity index (χ3v) is 3.49. The lowest BCUT2D eigenvalue weighted by Gasteiger charge is -2.09. The van der Waals surface area contributed by atoms with E-state index in [4.69, 9.17) is 0 Å². The van der Waals surface area contributed by atoms with Crippen LogP contribution in [0, 0.1) is 0 Å². The first-order chi connectivity index (χ1) is 11.6. The summed E-state index contributed by atoms with van der Waals surface area (Å²) in [5, 5.41) is 10.3. The monoisotopic (exact) mass is 321 g/mol. The molecule has 6 heteroatoms. The van der Waals surface area contributed by atoms with Gasteiger partial charge >= 0.3 is 5.69 Å². The van der Waals surface area contributed by atoms with E-state index in [-0.39, 0.29) is 12.1 Å². The van der Waals surface area contributed by atoms with Gasteiger partial charge in [0, 0.05) is 6.21 Å². The van der Waals surface area contributed by atoms with Gasteiger partial charge in [-0.05, 0) is 17.7 Å². The predicted molar refractivity (Wildman–Crippen MR) is 92.2 cm³/mol. The molecule has 0 spiro atoms. The van der Waals surface area contributed by atoms with Crippen molar-refractivity contribution in [2.45, 2.75) is 6.54 Å². The maximum absolute atomic E-state index is 12.0. The third kappa shape index (κ3) is 3.33. The molecular formula is C18H15N3O3. The number of nitrogens with one attached hydrogen (secondary N) is 1. The summed E-state index contributed by atoms with van der Waals surface area (Å²) in [7, 11) is 0. The van der Waals surface area contributed by atoms with Crippen molar-refractivity contribution in [1.29, 1.82) is 0 Å². The van der Waals surface area contributed by atoms with Crippen LogP contribution in [-0.2, 0) is 6.54 Å². The molecule has 1 heterocycles. The first kappa shape index (κ1) is 15.5. The third-order valence-electron chi connectivity index (χ3n) is 3.49. The molecule has 0 fully saturated rings. The van der Waals surface area contributed by atoms with E-state index in [1.54, 1.807) is 12.1 Å². The van der Waals surface area contributed by atoms with Gasteiger partial charge in [-0.1, -0.05) is 48.5 Å². The van der Waals surface area contributed by atoms with Gasteiger partial charge < -0.3 is 5.11 Å². The highest BCUT2D eigenvalue weighted by atomic mass is 16.3. The van der Waals surface area contributed by atoms with Crippen LogP contribution in [0.1, 0.15) is 11.1 Å². The Labute approximate surface area is 137 Å². The molecule has 0 aliphatic rings. The SMILES string of the molecule is O=c1[nH]c(=O)n(Cc2ccccc2)c(O)c1C=Nc1ccccc1. The van der Waals surface area contributed by atoms with Crippen LogP contribution in [0.15, 0.2) is 75.2 Å². The predicted octanol–water partition coefficient (Wildman–Crippen LogP) is 2.04. The molecule has 0 radical (unpaired) electrons. The van der Waals surface area contributed by atoms with E-state index < -0.39 is 17.1 Å². The summed E-state index contributed by atoms with van der Waals surface area (Å²) in [6, 6.07) is 18.2. The summed E-state index contributed by atoms with van der Waals surface area (Å²) in [5.41, 5.74) is 0.0547. The molecule has 1 aromatic heterocycles. The molecule has 6 nitrogen and oxygen atoms in total. The van der Waals surface area contributed by atoms with Crippen molar-refractivity contribution in [2.24, 2.45) is 4.99 Å². The van der Waals surface area contributed by atoms with Gasteiger partial charge in [-0.3, -0.25) is 19.3 Å². The van der Waals surface area contributed by atoms with Crippen LogP contribution in [-0.4, -0.2) is 20.9 Å². The van der Waals surface area contributed by atoms with Crippen molar-refractivity contribution in [1.82, 2.24) is 9.55 Å². The van der Waals surface area contributed by atoms with Crippen molar-refractivity contribution >= 4 is 11.9 Å². The number of aromatic nitrogens is 2. The zero-order valence-corrected chi connectivity index (χ0v) is 12.7. The van der Waals surface area contributed by atoms with Crippen LogP contribution in [0.4, 0.5) is 5.69 Å². The van der Waals surface area contributed by atoms with Gasteiger partial charge in [0.25, 0.3) is 5.56 Å². The van der Waals surface area contributed by atoms with E-state index in [2.05, 4.69) is 9.98 Å². The van der Waals surface area contributed by atoms with Crippen molar-refractivity contribution in [3.63, 3.8) is 0 Å². The lowest BCUT2D eigenvalue weighted by atomic mass is 10.2. The molecule has 0 aliphatic heterocycles. The van der Waals surface area contributed by atoms with Crippen LogP contribution in [0.2, 0.25) is 0 Å². The van der Waals surface area contributed by atoms with Gasteiger partial charge in [0.2, 0.25) is 5.88 Å². The van der Waals surface area contributed by atoms with E-state index in [0.717, 1.165) is 10.1 Å². The highest BCUT2D eigenvalue weighted by molar-refractivity contribution is 5.84. The second kappa shape index (κ2) is 6.78. The first-order valence-corrected chi connectivity index (χ1v) is 7.34. The number of aromatic hydroxyl groups is 1. The largest absolute Gasteiger partial charge is 0.494 e. The average molecular weight is 321 g/mol. The molecule has 3 rings (SSSR count). The Kier molecular flexibility index (Phi) is 4.38. The van der Waals surface area contributed by atoms with Gasteiger partial charge in [-0.2, -0.15) is 0 Å². The maximum Gasteiger partial charge on any atom is 0.331 e. The van der Waals surface area contributed by atoms with E-state index in [1.165, 1.54) is 6.21 Å². The first-order valence-electron chi connectivity index (χ1n) is 7.34. The minimum atomic E-state index is -0.679. The highest BCUT2D eigenvalue weighted by Crippen LogP contribution is 2.13. The zero-order chi connectivity index (χ0) is 16.9. The fraction of sp³-hybridized carbons (Fsp3) is 0.0556.